The highest BCUT2D eigenvalue weighted by Crippen LogP contribution is 2.38. The van der Waals surface area contributed by atoms with E-state index in [1.807, 2.05) is 13.0 Å². The zero-order chi connectivity index (χ0) is 25.3. The number of allylic oxidation sites excluding steroid dienone is 2. The molecule has 0 saturated carbocycles. The summed E-state index contributed by atoms with van der Waals surface area (Å²) in [4.78, 5) is 63.6. The molecule has 0 spiro atoms. The molecule has 2 aliphatic rings. The predicted octanol–water partition coefficient (Wildman–Crippen LogP) is 3.18. The molecule has 2 aromatic rings. The number of rotatable bonds is 7. The lowest BCUT2D eigenvalue weighted by Gasteiger charge is -2.30. The lowest BCUT2D eigenvalue weighted by Crippen LogP contribution is -2.52. The standard InChI is InChI=1S/C25H23N3O7/c1-15-6-11-20-21(12-15)25(32)27(24(20)31)26(14-22(29)17-4-3-5-19(13-17)35-2)23(30)16-7-9-18(10-8-16)28(33)34/h3-10,13,20-21H,11-12,14H2,1-2H3/t20-,21-/m0/s1. The Labute approximate surface area is 200 Å². The van der Waals surface area contributed by atoms with Gasteiger partial charge in [-0.25, -0.2) is 5.01 Å². The summed E-state index contributed by atoms with van der Waals surface area (Å²) in [5.74, 6) is -3.16. The average molecular weight is 477 g/mol. The van der Waals surface area contributed by atoms with E-state index in [1.54, 1.807) is 18.2 Å². The fraction of sp³-hybridized carbons (Fsp3) is 0.280. The zero-order valence-corrected chi connectivity index (χ0v) is 19.2. The van der Waals surface area contributed by atoms with Crippen LogP contribution in [-0.2, 0) is 9.59 Å². The topological polar surface area (TPSA) is 127 Å². The molecule has 0 bridgehead atoms. The molecule has 35 heavy (non-hydrogen) atoms. The number of hydrogen-bond donors (Lipinski definition) is 0. The number of benzene rings is 2. The molecule has 1 aliphatic heterocycles. The highest BCUT2D eigenvalue weighted by Gasteiger charge is 2.51. The first kappa shape index (κ1) is 23.8. The molecule has 10 nitrogen and oxygen atoms in total. The molecule has 1 fully saturated rings. The first-order valence-electron chi connectivity index (χ1n) is 11.0. The van der Waals surface area contributed by atoms with Crippen LogP contribution in [0.4, 0.5) is 5.69 Å². The summed E-state index contributed by atoms with van der Waals surface area (Å²) in [5.41, 5.74) is 0.995. The predicted molar refractivity (Wildman–Crippen MR) is 123 cm³/mol. The number of nitrogens with zero attached hydrogens (tertiary/aromatic N) is 3. The van der Waals surface area contributed by atoms with Gasteiger partial charge in [-0.3, -0.25) is 29.3 Å². The number of carbonyl (C=O) groups is 4. The number of Topliss-reactive ketones (excluding diaryl/α,β-unsaturated/α-hetero) is 1. The molecule has 2 aromatic carbocycles. The summed E-state index contributed by atoms with van der Waals surface area (Å²) < 4.78 is 5.15. The molecule has 0 radical (unpaired) electrons. The summed E-state index contributed by atoms with van der Waals surface area (Å²) in [5, 5.41) is 12.6. The van der Waals surface area contributed by atoms with Gasteiger partial charge in [0.05, 0.1) is 23.9 Å². The Morgan fingerprint density at radius 3 is 2.43 bits per heavy atom. The first-order valence-corrected chi connectivity index (χ1v) is 11.0. The largest absolute Gasteiger partial charge is 0.497 e. The fourth-order valence-electron chi connectivity index (χ4n) is 4.39. The van der Waals surface area contributed by atoms with Crippen molar-refractivity contribution in [2.45, 2.75) is 19.8 Å². The third kappa shape index (κ3) is 4.54. The second-order valence-corrected chi connectivity index (χ2v) is 8.51. The van der Waals surface area contributed by atoms with Crippen LogP contribution in [0.25, 0.3) is 0 Å². The molecule has 10 heteroatoms. The Kier molecular flexibility index (Phi) is 6.46. The van der Waals surface area contributed by atoms with Crippen LogP contribution in [0.5, 0.6) is 5.75 Å². The number of fused-ring (bicyclic) bond motifs is 1. The SMILES string of the molecule is COc1cccc(C(=O)CN(C(=O)c2ccc([N+](=O)[O-])cc2)N2C(=O)[C@H]3CC=C(C)C[C@@H]3C2=O)c1. The number of hydrogen-bond acceptors (Lipinski definition) is 7. The van der Waals surface area contributed by atoms with Gasteiger partial charge in [0, 0.05) is 23.3 Å². The molecule has 1 saturated heterocycles. The van der Waals surface area contributed by atoms with Crippen molar-refractivity contribution in [3.8, 4) is 5.75 Å². The molecular formula is C25H23N3O7. The molecule has 0 aromatic heterocycles. The van der Waals surface area contributed by atoms with E-state index in [2.05, 4.69) is 0 Å². The molecule has 4 rings (SSSR count). The highest BCUT2D eigenvalue weighted by atomic mass is 16.6. The highest BCUT2D eigenvalue weighted by molar-refractivity contribution is 6.09. The fourth-order valence-corrected chi connectivity index (χ4v) is 4.39. The van der Waals surface area contributed by atoms with Crippen LogP contribution in [0.2, 0.25) is 0 Å². The Bertz CT molecular complexity index is 1250. The summed E-state index contributed by atoms with van der Waals surface area (Å²) >= 11 is 0. The number of imide groups is 1. The van der Waals surface area contributed by atoms with Crippen LogP contribution < -0.4 is 4.74 Å². The molecule has 1 heterocycles. The van der Waals surface area contributed by atoms with Crippen molar-refractivity contribution in [1.29, 1.82) is 0 Å². The molecule has 0 unspecified atom stereocenters. The van der Waals surface area contributed by atoms with Gasteiger partial charge >= 0.3 is 0 Å². The number of hydrazine groups is 1. The van der Waals surface area contributed by atoms with Crippen molar-refractivity contribution >= 4 is 29.2 Å². The van der Waals surface area contributed by atoms with E-state index >= 15 is 0 Å². The minimum Gasteiger partial charge on any atom is -0.497 e. The Morgan fingerprint density at radius 2 is 1.77 bits per heavy atom. The Hall–Kier alpha value is -4.34. The van der Waals surface area contributed by atoms with Crippen LogP contribution in [0.1, 0.15) is 40.5 Å². The lowest BCUT2D eigenvalue weighted by atomic mass is 9.82. The van der Waals surface area contributed by atoms with Crippen molar-refractivity contribution in [1.82, 2.24) is 10.0 Å². The Balaban J connectivity index is 1.69. The third-order valence-corrected chi connectivity index (χ3v) is 6.29. The van der Waals surface area contributed by atoms with Gasteiger partial charge in [-0.15, -0.1) is 0 Å². The number of ketones is 1. The minimum absolute atomic E-state index is 0.00109. The molecule has 0 N–H and O–H groups in total. The first-order chi connectivity index (χ1) is 16.7. The second kappa shape index (κ2) is 9.49. The smallest absolute Gasteiger partial charge is 0.273 e. The van der Waals surface area contributed by atoms with Crippen LogP contribution >= 0.6 is 0 Å². The zero-order valence-electron chi connectivity index (χ0n) is 19.2. The maximum atomic E-state index is 13.5. The van der Waals surface area contributed by atoms with Crippen LogP contribution in [0, 0.1) is 22.0 Å². The Morgan fingerprint density at radius 1 is 1.09 bits per heavy atom. The number of carbonyl (C=O) groups excluding carboxylic acids is 4. The average Bonchev–Trinajstić information content (AvgIpc) is 3.11. The lowest BCUT2D eigenvalue weighted by molar-refractivity contribution is -0.384. The quantitative estimate of drug-likeness (QED) is 0.197. The van der Waals surface area contributed by atoms with Gasteiger partial charge in [0.2, 0.25) is 0 Å². The minimum atomic E-state index is -0.791. The van der Waals surface area contributed by atoms with Crippen molar-refractivity contribution in [2.75, 3.05) is 13.7 Å². The van der Waals surface area contributed by atoms with E-state index < -0.39 is 46.8 Å². The van der Waals surface area contributed by atoms with Gasteiger partial charge in [0.15, 0.2) is 5.78 Å². The van der Waals surface area contributed by atoms with Crippen molar-refractivity contribution < 1.29 is 28.8 Å². The molecule has 1 aliphatic carbocycles. The van der Waals surface area contributed by atoms with Crippen molar-refractivity contribution in [3.63, 3.8) is 0 Å². The second-order valence-electron chi connectivity index (χ2n) is 8.51. The van der Waals surface area contributed by atoms with Gasteiger partial charge in [-0.1, -0.05) is 23.8 Å². The maximum absolute atomic E-state index is 13.5. The molecule has 180 valence electrons. The van der Waals surface area contributed by atoms with Gasteiger partial charge in [-0.2, -0.15) is 5.01 Å². The van der Waals surface area contributed by atoms with Gasteiger partial charge in [0.25, 0.3) is 23.4 Å². The van der Waals surface area contributed by atoms with Gasteiger partial charge < -0.3 is 4.74 Å². The normalized spacial score (nSPS) is 19.1. The van der Waals surface area contributed by atoms with Crippen molar-refractivity contribution in [3.05, 3.63) is 81.4 Å². The summed E-state index contributed by atoms with van der Waals surface area (Å²) in [6.45, 7) is 1.30. The van der Waals surface area contributed by atoms with Gasteiger partial charge in [0.1, 0.15) is 12.3 Å². The molecule has 2 atom stereocenters. The maximum Gasteiger partial charge on any atom is 0.273 e. The summed E-state index contributed by atoms with van der Waals surface area (Å²) in [7, 11) is 1.45. The van der Waals surface area contributed by atoms with Crippen LogP contribution in [0.3, 0.4) is 0 Å². The number of nitro groups is 1. The van der Waals surface area contributed by atoms with E-state index in [-0.39, 0.29) is 16.8 Å². The number of nitro benzene ring substituents is 1. The van der Waals surface area contributed by atoms with E-state index in [0.717, 1.165) is 27.7 Å². The number of non-ortho nitro benzene ring substituents is 1. The van der Waals surface area contributed by atoms with Crippen LogP contribution in [0.15, 0.2) is 60.2 Å². The summed E-state index contributed by atoms with van der Waals surface area (Å²) in [6, 6.07) is 11.1. The van der Waals surface area contributed by atoms with E-state index in [9.17, 15) is 29.3 Å². The van der Waals surface area contributed by atoms with Crippen LogP contribution in [-0.4, -0.2) is 52.1 Å². The van der Waals surface area contributed by atoms with E-state index in [0.29, 0.717) is 18.6 Å². The summed E-state index contributed by atoms with van der Waals surface area (Å²) in [6.07, 6.45) is 2.68. The molecule has 3 amide bonds. The number of methoxy groups -OCH3 is 1. The number of amides is 3. The molecular weight excluding hydrogens is 454 g/mol. The monoisotopic (exact) mass is 477 g/mol. The van der Waals surface area contributed by atoms with Crippen molar-refractivity contribution in [2.24, 2.45) is 11.8 Å². The van der Waals surface area contributed by atoms with Gasteiger partial charge in [-0.05, 0) is 44.0 Å². The third-order valence-electron chi connectivity index (χ3n) is 6.29. The van der Waals surface area contributed by atoms with E-state index in [4.69, 9.17) is 4.74 Å². The van der Waals surface area contributed by atoms with E-state index in [1.165, 1.54) is 25.3 Å². The number of ether oxygens (including phenoxy) is 1.